The van der Waals surface area contributed by atoms with Crippen molar-refractivity contribution in [1.29, 1.82) is 0 Å². The molecule has 0 N–H and O–H groups in total. The van der Waals surface area contributed by atoms with Crippen LogP contribution in [0.1, 0.15) is 16.9 Å². The maximum absolute atomic E-state index is 12.9. The van der Waals surface area contributed by atoms with Crippen LogP contribution < -0.4 is 9.64 Å². The molecule has 4 rings (SSSR count). The quantitative estimate of drug-likeness (QED) is 0.712. The molecular formula is C20H21N5O2. The fourth-order valence-corrected chi connectivity index (χ4v) is 3.25. The number of fused-ring (bicyclic) bond motifs is 1. The van der Waals surface area contributed by atoms with Crippen molar-refractivity contribution in [2.24, 2.45) is 0 Å². The highest BCUT2D eigenvalue weighted by molar-refractivity contribution is 5.95. The molecule has 1 aromatic carbocycles. The van der Waals surface area contributed by atoms with E-state index in [4.69, 9.17) is 4.74 Å². The third-order valence-electron chi connectivity index (χ3n) is 4.73. The van der Waals surface area contributed by atoms with Crippen molar-refractivity contribution in [3.63, 3.8) is 0 Å². The zero-order valence-corrected chi connectivity index (χ0v) is 15.2. The molecule has 1 fully saturated rings. The van der Waals surface area contributed by atoms with Gasteiger partial charge in [0.1, 0.15) is 5.69 Å². The summed E-state index contributed by atoms with van der Waals surface area (Å²) in [5, 5.41) is 1.03. The smallest absolute Gasteiger partial charge is 0.272 e. The summed E-state index contributed by atoms with van der Waals surface area (Å²) in [6.45, 7) is 2.80. The van der Waals surface area contributed by atoms with Crippen molar-refractivity contribution in [3.05, 3.63) is 54.5 Å². The highest BCUT2D eigenvalue weighted by atomic mass is 16.5. The van der Waals surface area contributed by atoms with Crippen LogP contribution in [-0.2, 0) is 0 Å². The van der Waals surface area contributed by atoms with Gasteiger partial charge in [-0.25, -0.2) is 15.0 Å². The Balaban J connectivity index is 1.47. The second kappa shape index (κ2) is 7.57. The van der Waals surface area contributed by atoms with E-state index in [-0.39, 0.29) is 5.91 Å². The Kier molecular flexibility index (Phi) is 4.82. The van der Waals surface area contributed by atoms with E-state index in [2.05, 4.69) is 19.9 Å². The summed E-state index contributed by atoms with van der Waals surface area (Å²) in [5.41, 5.74) is 1.33. The first-order chi connectivity index (χ1) is 13.2. The van der Waals surface area contributed by atoms with Gasteiger partial charge in [-0.15, -0.1) is 0 Å². The number of amides is 1. The maximum atomic E-state index is 12.9. The molecule has 7 nitrogen and oxygen atoms in total. The van der Waals surface area contributed by atoms with Gasteiger partial charge in [-0.2, -0.15) is 0 Å². The lowest BCUT2D eigenvalue weighted by Gasteiger charge is -2.22. The predicted octanol–water partition coefficient (Wildman–Crippen LogP) is 2.39. The van der Waals surface area contributed by atoms with E-state index < -0.39 is 0 Å². The van der Waals surface area contributed by atoms with Crippen molar-refractivity contribution >= 4 is 22.8 Å². The SMILES string of the molecule is COc1cnc(N2CCCN(C(=O)c3ccc4ccccc4n3)CC2)nc1. The first kappa shape index (κ1) is 17.2. The molecule has 1 aliphatic heterocycles. The standard InChI is InChI=1S/C20H21N5O2/c1-27-16-13-21-20(22-14-16)25-10-4-9-24(11-12-25)19(26)18-8-7-15-5-2-3-6-17(15)23-18/h2-3,5-8,13-14H,4,9-12H2,1H3. The van der Waals surface area contributed by atoms with E-state index in [0.717, 1.165) is 23.9 Å². The number of hydrogen-bond acceptors (Lipinski definition) is 6. The summed E-state index contributed by atoms with van der Waals surface area (Å²) >= 11 is 0. The molecule has 0 atom stereocenters. The van der Waals surface area contributed by atoms with Crippen LogP contribution in [0, 0.1) is 0 Å². The van der Waals surface area contributed by atoms with Crippen LogP contribution in [0.5, 0.6) is 5.75 Å². The Morgan fingerprint density at radius 1 is 1.00 bits per heavy atom. The van der Waals surface area contributed by atoms with Crippen molar-refractivity contribution in [1.82, 2.24) is 19.9 Å². The zero-order chi connectivity index (χ0) is 18.6. The molecule has 1 saturated heterocycles. The van der Waals surface area contributed by atoms with Gasteiger partial charge in [0, 0.05) is 31.6 Å². The zero-order valence-electron chi connectivity index (χ0n) is 15.2. The van der Waals surface area contributed by atoms with Gasteiger partial charge < -0.3 is 14.5 Å². The molecule has 0 aliphatic carbocycles. The van der Waals surface area contributed by atoms with Crippen LogP contribution in [0.4, 0.5) is 5.95 Å². The van der Waals surface area contributed by atoms with Crippen LogP contribution in [0.25, 0.3) is 10.9 Å². The molecule has 2 aromatic heterocycles. The lowest BCUT2D eigenvalue weighted by atomic mass is 10.2. The number of nitrogens with zero attached hydrogens (tertiary/aromatic N) is 5. The number of anilines is 1. The van der Waals surface area contributed by atoms with Crippen molar-refractivity contribution in [2.45, 2.75) is 6.42 Å². The van der Waals surface area contributed by atoms with Gasteiger partial charge in [0.2, 0.25) is 5.95 Å². The molecule has 1 amide bonds. The van der Waals surface area contributed by atoms with Gasteiger partial charge in [0.15, 0.2) is 5.75 Å². The fourth-order valence-electron chi connectivity index (χ4n) is 3.25. The first-order valence-corrected chi connectivity index (χ1v) is 9.00. The van der Waals surface area contributed by atoms with Gasteiger partial charge in [0.05, 0.1) is 25.0 Å². The van der Waals surface area contributed by atoms with E-state index in [1.807, 2.05) is 35.2 Å². The number of ether oxygens (including phenoxy) is 1. The summed E-state index contributed by atoms with van der Waals surface area (Å²) in [6.07, 6.45) is 4.18. The number of carbonyl (C=O) groups is 1. The fraction of sp³-hybridized carbons (Fsp3) is 0.300. The summed E-state index contributed by atoms with van der Waals surface area (Å²) < 4.78 is 5.11. The number of para-hydroxylation sites is 1. The van der Waals surface area contributed by atoms with Gasteiger partial charge in [-0.1, -0.05) is 24.3 Å². The Morgan fingerprint density at radius 3 is 2.63 bits per heavy atom. The number of benzene rings is 1. The number of carbonyl (C=O) groups excluding carboxylic acids is 1. The van der Waals surface area contributed by atoms with Gasteiger partial charge in [-0.3, -0.25) is 4.79 Å². The Bertz CT molecular complexity index is 945. The van der Waals surface area contributed by atoms with Crippen molar-refractivity contribution < 1.29 is 9.53 Å². The third kappa shape index (κ3) is 3.67. The number of aromatic nitrogens is 3. The molecule has 27 heavy (non-hydrogen) atoms. The van der Waals surface area contributed by atoms with Crippen LogP contribution in [-0.4, -0.2) is 59.0 Å². The summed E-state index contributed by atoms with van der Waals surface area (Å²) in [4.78, 5) is 30.1. The highest BCUT2D eigenvalue weighted by Crippen LogP contribution is 2.16. The molecule has 0 radical (unpaired) electrons. The van der Waals surface area contributed by atoms with E-state index >= 15 is 0 Å². The van der Waals surface area contributed by atoms with Crippen LogP contribution >= 0.6 is 0 Å². The molecule has 0 bridgehead atoms. The predicted molar refractivity (Wildman–Crippen MR) is 103 cm³/mol. The number of hydrogen-bond donors (Lipinski definition) is 0. The lowest BCUT2D eigenvalue weighted by Crippen LogP contribution is -2.36. The number of rotatable bonds is 3. The third-order valence-corrected chi connectivity index (χ3v) is 4.73. The minimum atomic E-state index is -0.0294. The van der Waals surface area contributed by atoms with Gasteiger partial charge >= 0.3 is 0 Å². The summed E-state index contributed by atoms with van der Waals surface area (Å²) in [6, 6.07) is 11.6. The van der Waals surface area contributed by atoms with E-state index in [1.165, 1.54) is 0 Å². The number of methoxy groups -OCH3 is 1. The Morgan fingerprint density at radius 2 is 1.81 bits per heavy atom. The summed E-state index contributed by atoms with van der Waals surface area (Å²) in [5.74, 6) is 1.26. The van der Waals surface area contributed by atoms with Gasteiger partial charge in [0.25, 0.3) is 5.91 Å². The molecule has 138 valence electrons. The minimum Gasteiger partial charge on any atom is -0.494 e. The molecule has 0 unspecified atom stereocenters. The van der Waals surface area contributed by atoms with E-state index in [1.54, 1.807) is 25.6 Å². The Labute approximate surface area is 157 Å². The molecule has 7 heteroatoms. The molecule has 3 heterocycles. The van der Waals surface area contributed by atoms with Crippen LogP contribution in [0.15, 0.2) is 48.8 Å². The molecule has 1 aliphatic rings. The first-order valence-electron chi connectivity index (χ1n) is 9.00. The molecule has 3 aromatic rings. The maximum Gasteiger partial charge on any atom is 0.272 e. The Hall–Kier alpha value is -3.22. The van der Waals surface area contributed by atoms with E-state index in [0.29, 0.717) is 37.0 Å². The average Bonchev–Trinajstić information content (AvgIpc) is 2.99. The van der Waals surface area contributed by atoms with Crippen LogP contribution in [0.3, 0.4) is 0 Å². The largest absolute Gasteiger partial charge is 0.494 e. The van der Waals surface area contributed by atoms with Gasteiger partial charge in [-0.05, 0) is 18.6 Å². The topological polar surface area (TPSA) is 71.5 Å². The average molecular weight is 363 g/mol. The highest BCUT2D eigenvalue weighted by Gasteiger charge is 2.22. The molecule has 0 saturated carbocycles. The van der Waals surface area contributed by atoms with Crippen molar-refractivity contribution in [3.8, 4) is 5.75 Å². The minimum absolute atomic E-state index is 0.0294. The second-order valence-corrected chi connectivity index (χ2v) is 6.44. The van der Waals surface area contributed by atoms with Crippen molar-refractivity contribution in [2.75, 3.05) is 38.2 Å². The lowest BCUT2D eigenvalue weighted by molar-refractivity contribution is 0.0761. The van der Waals surface area contributed by atoms with E-state index in [9.17, 15) is 4.79 Å². The molecular weight excluding hydrogens is 342 g/mol. The number of pyridine rings is 1. The summed E-state index contributed by atoms with van der Waals surface area (Å²) in [7, 11) is 1.59. The van der Waals surface area contributed by atoms with Crippen LogP contribution in [0.2, 0.25) is 0 Å². The second-order valence-electron chi connectivity index (χ2n) is 6.44. The normalized spacial score (nSPS) is 14.9. The molecule has 0 spiro atoms. The monoisotopic (exact) mass is 363 g/mol.